The summed E-state index contributed by atoms with van der Waals surface area (Å²) in [4.78, 5) is 1.97. The first-order valence-electron chi connectivity index (χ1n) is 3.73. The molecule has 0 aliphatic heterocycles. The van der Waals surface area contributed by atoms with Gasteiger partial charge in [0.1, 0.15) is 0 Å². The van der Waals surface area contributed by atoms with E-state index in [0.717, 1.165) is 5.57 Å². The van der Waals surface area contributed by atoms with E-state index in [1.807, 2.05) is 25.2 Å². The number of hydrogen-bond acceptors (Lipinski definition) is 1. The van der Waals surface area contributed by atoms with Gasteiger partial charge in [0.25, 0.3) is 0 Å². The Balaban J connectivity index is 4.58. The molecule has 0 saturated heterocycles. The molecule has 0 heterocycles. The van der Waals surface area contributed by atoms with Crippen LogP contribution in [-0.2, 0) is 0 Å². The molecular weight excluding hydrogens is 134 g/mol. The highest BCUT2D eigenvalue weighted by Gasteiger charge is 2.14. The van der Waals surface area contributed by atoms with Crippen LogP contribution in [0.5, 0.6) is 0 Å². The van der Waals surface area contributed by atoms with E-state index in [2.05, 4.69) is 26.7 Å². The van der Waals surface area contributed by atoms with Gasteiger partial charge in [-0.05, 0) is 5.41 Å². The van der Waals surface area contributed by atoms with Crippen LogP contribution >= 0.6 is 0 Å². The van der Waals surface area contributed by atoms with Crippen molar-refractivity contribution in [1.29, 1.82) is 0 Å². The molecule has 0 aromatic rings. The molecule has 0 aliphatic carbocycles. The van der Waals surface area contributed by atoms with Crippen LogP contribution in [0, 0.1) is 17.8 Å². The number of hydrogen-bond donors (Lipinski definition) is 0. The second-order valence-corrected chi connectivity index (χ2v) is 3.90. The SMILES string of the molecule is C#C/C(=C\N(C)C)C(C)(C)C. The summed E-state index contributed by atoms with van der Waals surface area (Å²) >= 11 is 0. The van der Waals surface area contributed by atoms with Gasteiger partial charge in [0, 0.05) is 25.9 Å². The summed E-state index contributed by atoms with van der Waals surface area (Å²) in [6.07, 6.45) is 7.35. The van der Waals surface area contributed by atoms with E-state index < -0.39 is 0 Å². The van der Waals surface area contributed by atoms with Gasteiger partial charge in [-0.2, -0.15) is 0 Å². The second kappa shape index (κ2) is 3.48. The molecule has 0 fully saturated rings. The molecule has 62 valence electrons. The van der Waals surface area contributed by atoms with E-state index in [0.29, 0.717) is 0 Å². The third-order valence-electron chi connectivity index (χ3n) is 1.35. The van der Waals surface area contributed by atoms with E-state index in [1.54, 1.807) is 0 Å². The molecule has 0 aliphatic rings. The Bertz CT molecular complexity index is 186. The molecule has 0 rings (SSSR count). The van der Waals surface area contributed by atoms with E-state index in [-0.39, 0.29) is 5.41 Å². The van der Waals surface area contributed by atoms with E-state index >= 15 is 0 Å². The smallest absolute Gasteiger partial charge is 0.0229 e. The van der Waals surface area contributed by atoms with Crippen molar-refractivity contribution >= 4 is 0 Å². The van der Waals surface area contributed by atoms with Gasteiger partial charge in [0.2, 0.25) is 0 Å². The maximum atomic E-state index is 5.36. The molecule has 0 saturated carbocycles. The van der Waals surface area contributed by atoms with Crippen LogP contribution in [0.3, 0.4) is 0 Å². The van der Waals surface area contributed by atoms with Crippen LogP contribution in [0.4, 0.5) is 0 Å². The van der Waals surface area contributed by atoms with Crippen LogP contribution < -0.4 is 0 Å². The van der Waals surface area contributed by atoms with Gasteiger partial charge < -0.3 is 4.90 Å². The summed E-state index contributed by atoms with van der Waals surface area (Å²) in [6, 6.07) is 0. The maximum absolute atomic E-state index is 5.36. The lowest BCUT2D eigenvalue weighted by atomic mass is 9.87. The van der Waals surface area contributed by atoms with E-state index in [1.165, 1.54) is 0 Å². The standard InChI is InChI=1S/C10H17N/c1-7-9(8-11(5)6)10(2,3)4/h1,8H,2-6H3/b9-8+. The minimum Gasteiger partial charge on any atom is -0.383 e. The molecule has 1 nitrogen and oxygen atoms in total. The lowest BCUT2D eigenvalue weighted by Gasteiger charge is -2.20. The molecule has 0 bridgehead atoms. The Morgan fingerprint density at radius 3 is 1.91 bits per heavy atom. The molecule has 0 amide bonds. The fourth-order valence-corrected chi connectivity index (χ4v) is 0.706. The Kier molecular flexibility index (Phi) is 3.19. The van der Waals surface area contributed by atoms with Gasteiger partial charge in [0.05, 0.1) is 0 Å². The minimum absolute atomic E-state index is 0.0824. The summed E-state index contributed by atoms with van der Waals surface area (Å²) in [5.41, 5.74) is 1.11. The first-order valence-corrected chi connectivity index (χ1v) is 3.73. The van der Waals surface area contributed by atoms with Crippen molar-refractivity contribution in [3.8, 4) is 12.3 Å². The average molecular weight is 151 g/mol. The molecule has 0 spiro atoms. The quantitative estimate of drug-likeness (QED) is 0.519. The number of nitrogens with zero attached hydrogens (tertiary/aromatic N) is 1. The Labute approximate surface area is 70.1 Å². The van der Waals surface area contributed by atoms with Gasteiger partial charge in [0.15, 0.2) is 0 Å². The van der Waals surface area contributed by atoms with Crippen molar-refractivity contribution in [2.24, 2.45) is 5.41 Å². The summed E-state index contributed by atoms with van der Waals surface area (Å²) in [6.45, 7) is 6.34. The van der Waals surface area contributed by atoms with Gasteiger partial charge in [-0.3, -0.25) is 0 Å². The summed E-state index contributed by atoms with van der Waals surface area (Å²) in [5, 5.41) is 0. The highest BCUT2D eigenvalue weighted by Crippen LogP contribution is 2.24. The van der Waals surface area contributed by atoms with Crippen molar-refractivity contribution in [3.05, 3.63) is 11.8 Å². The summed E-state index contributed by atoms with van der Waals surface area (Å²) in [5.74, 6) is 2.69. The first kappa shape index (κ1) is 10.1. The molecule has 0 radical (unpaired) electrons. The lowest BCUT2D eigenvalue weighted by molar-refractivity contribution is 0.487. The van der Waals surface area contributed by atoms with Gasteiger partial charge in [-0.25, -0.2) is 0 Å². The fourth-order valence-electron chi connectivity index (χ4n) is 0.706. The molecule has 0 N–H and O–H groups in total. The van der Waals surface area contributed by atoms with Crippen LogP contribution in [0.2, 0.25) is 0 Å². The largest absolute Gasteiger partial charge is 0.383 e. The lowest BCUT2D eigenvalue weighted by Crippen LogP contribution is -2.12. The summed E-state index contributed by atoms with van der Waals surface area (Å²) < 4.78 is 0. The maximum Gasteiger partial charge on any atom is 0.0229 e. The first-order chi connectivity index (χ1) is 4.88. The number of terminal acetylenes is 1. The Hall–Kier alpha value is -0.900. The fraction of sp³-hybridized carbons (Fsp3) is 0.600. The number of allylic oxidation sites excluding steroid dienone is 1. The van der Waals surface area contributed by atoms with E-state index in [4.69, 9.17) is 6.42 Å². The van der Waals surface area contributed by atoms with Crippen LogP contribution in [0.1, 0.15) is 20.8 Å². The summed E-state index contributed by atoms with van der Waals surface area (Å²) in [7, 11) is 3.95. The second-order valence-electron chi connectivity index (χ2n) is 3.90. The molecule has 1 heteroatoms. The van der Waals surface area contributed by atoms with E-state index in [9.17, 15) is 0 Å². The van der Waals surface area contributed by atoms with Crippen LogP contribution in [0.15, 0.2) is 11.8 Å². The molecule has 11 heavy (non-hydrogen) atoms. The highest BCUT2D eigenvalue weighted by atomic mass is 15.0. The molecular formula is C10H17N. The van der Waals surface area contributed by atoms with Crippen molar-refractivity contribution in [2.75, 3.05) is 14.1 Å². The monoisotopic (exact) mass is 151 g/mol. The predicted octanol–water partition coefficient (Wildman–Crippen LogP) is 2.11. The van der Waals surface area contributed by atoms with Crippen molar-refractivity contribution in [1.82, 2.24) is 4.90 Å². The van der Waals surface area contributed by atoms with Crippen molar-refractivity contribution in [2.45, 2.75) is 20.8 Å². The molecule has 0 unspecified atom stereocenters. The molecule has 0 atom stereocenters. The van der Waals surface area contributed by atoms with Gasteiger partial charge >= 0.3 is 0 Å². The Morgan fingerprint density at radius 1 is 1.36 bits per heavy atom. The van der Waals surface area contributed by atoms with Crippen LogP contribution in [0.25, 0.3) is 0 Å². The van der Waals surface area contributed by atoms with Gasteiger partial charge in [-0.15, -0.1) is 6.42 Å². The Morgan fingerprint density at radius 2 is 1.82 bits per heavy atom. The zero-order chi connectivity index (χ0) is 9.07. The highest BCUT2D eigenvalue weighted by molar-refractivity contribution is 5.29. The molecule has 0 aromatic carbocycles. The average Bonchev–Trinajstić information content (AvgIpc) is 1.79. The third-order valence-corrected chi connectivity index (χ3v) is 1.35. The van der Waals surface area contributed by atoms with Crippen LogP contribution in [-0.4, -0.2) is 19.0 Å². The van der Waals surface area contributed by atoms with Crippen molar-refractivity contribution in [3.63, 3.8) is 0 Å². The topological polar surface area (TPSA) is 3.24 Å². The predicted molar refractivity (Wildman–Crippen MR) is 50.1 cm³/mol. The van der Waals surface area contributed by atoms with Crippen molar-refractivity contribution < 1.29 is 0 Å². The van der Waals surface area contributed by atoms with Gasteiger partial charge in [-0.1, -0.05) is 26.7 Å². The molecule has 0 aromatic heterocycles. The zero-order valence-electron chi connectivity index (χ0n) is 8.10. The minimum atomic E-state index is 0.0824. The number of rotatable bonds is 1. The normalized spacial score (nSPS) is 12.5. The third kappa shape index (κ3) is 3.72. The zero-order valence-corrected chi connectivity index (χ0v) is 8.10.